The van der Waals surface area contributed by atoms with E-state index in [0.29, 0.717) is 29.7 Å². The highest BCUT2D eigenvalue weighted by atomic mass is 16.5. The molecule has 1 N–H and O–H groups in total. The molecule has 1 saturated heterocycles. The summed E-state index contributed by atoms with van der Waals surface area (Å²) in [6, 6.07) is 22.1. The molecule has 0 bridgehead atoms. The molecule has 8 nitrogen and oxygen atoms in total. The van der Waals surface area contributed by atoms with Gasteiger partial charge in [0.1, 0.15) is 5.82 Å². The van der Waals surface area contributed by atoms with Crippen LogP contribution in [0, 0.1) is 6.92 Å². The van der Waals surface area contributed by atoms with Crippen molar-refractivity contribution in [2.75, 3.05) is 23.4 Å². The molecule has 0 aliphatic carbocycles. The highest BCUT2D eigenvalue weighted by Crippen LogP contribution is 2.25. The summed E-state index contributed by atoms with van der Waals surface area (Å²) in [5, 5.41) is 2.72. The number of carbonyl (C=O) groups is 3. The normalized spacial score (nSPS) is 13.3. The summed E-state index contributed by atoms with van der Waals surface area (Å²) in [5.74, 6) is -0.198. The number of hydrogen-bond donors (Lipinski definition) is 1. The number of rotatable bonds is 6. The van der Waals surface area contributed by atoms with Gasteiger partial charge in [-0.2, -0.15) is 0 Å². The van der Waals surface area contributed by atoms with E-state index < -0.39 is 18.5 Å². The number of esters is 1. The third-order valence-corrected chi connectivity index (χ3v) is 5.92. The molecule has 1 aliphatic heterocycles. The van der Waals surface area contributed by atoms with Gasteiger partial charge in [-0.1, -0.05) is 24.3 Å². The van der Waals surface area contributed by atoms with E-state index >= 15 is 0 Å². The van der Waals surface area contributed by atoms with E-state index in [2.05, 4.69) is 10.3 Å². The van der Waals surface area contributed by atoms with E-state index in [-0.39, 0.29) is 5.91 Å². The number of anilines is 2. The Kier molecular flexibility index (Phi) is 6.01. The van der Waals surface area contributed by atoms with Crippen LogP contribution in [-0.2, 0) is 14.3 Å². The lowest BCUT2D eigenvalue weighted by Crippen LogP contribution is -2.24. The molecule has 0 unspecified atom stereocenters. The van der Waals surface area contributed by atoms with E-state index in [1.165, 1.54) is 0 Å². The zero-order chi connectivity index (χ0) is 24.4. The van der Waals surface area contributed by atoms with Crippen molar-refractivity contribution in [3.05, 3.63) is 84.2 Å². The first-order valence-electron chi connectivity index (χ1n) is 11.4. The van der Waals surface area contributed by atoms with Crippen LogP contribution >= 0.6 is 0 Å². The number of aryl methyl sites for hydroxylation is 1. The van der Waals surface area contributed by atoms with Gasteiger partial charge in [-0.3, -0.25) is 14.2 Å². The molecule has 0 radical (unpaired) electrons. The number of nitrogens with zero attached hydrogens (tertiary/aromatic N) is 3. The van der Waals surface area contributed by atoms with Gasteiger partial charge >= 0.3 is 5.97 Å². The quantitative estimate of drug-likeness (QED) is 0.427. The molecular formula is C27H24N4O4. The number of ether oxygens (including phenoxy) is 1. The summed E-state index contributed by atoms with van der Waals surface area (Å²) in [5.41, 5.74) is 4.11. The topological polar surface area (TPSA) is 93.5 Å². The highest BCUT2D eigenvalue weighted by molar-refractivity contribution is 5.99. The standard InChI is InChI=1S/C27H24N4O4/c1-18-28-23-15-19(12-13-24(23)31(18)21-8-3-2-4-9-21)27(34)35-17-25(32)29-20-7-5-10-22(16-20)30-14-6-11-26(30)33/h2-5,7-10,12-13,15-16H,6,11,14,17H2,1H3,(H,29,32). The van der Waals surface area contributed by atoms with Gasteiger partial charge in [0, 0.05) is 30.0 Å². The Hall–Kier alpha value is -4.46. The fourth-order valence-corrected chi connectivity index (χ4v) is 4.31. The number of benzene rings is 3. The van der Waals surface area contributed by atoms with Gasteiger partial charge < -0.3 is 15.0 Å². The zero-order valence-corrected chi connectivity index (χ0v) is 19.2. The van der Waals surface area contributed by atoms with Crippen molar-refractivity contribution in [2.24, 2.45) is 0 Å². The summed E-state index contributed by atoms with van der Waals surface area (Å²) >= 11 is 0. The molecule has 2 amide bonds. The summed E-state index contributed by atoms with van der Waals surface area (Å²) in [6.07, 6.45) is 1.35. The van der Waals surface area contributed by atoms with Gasteiger partial charge in [0.05, 0.1) is 16.6 Å². The molecule has 4 aromatic rings. The summed E-state index contributed by atoms with van der Waals surface area (Å²) in [6.45, 7) is 2.15. The van der Waals surface area contributed by atoms with Crippen molar-refractivity contribution in [3.63, 3.8) is 0 Å². The minimum atomic E-state index is -0.606. The van der Waals surface area contributed by atoms with E-state index in [0.717, 1.165) is 29.1 Å². The summed E-state index contributed by atoms with van der Waals surface area (Å²) in [4.78, 5) is 43.2. The predicted molar refractivity (Wildman–Crippen MR) is 133 cm³/mol. The second-order valence-corrected chi connectivity index (χ2v) is 8.36. The van der Waals surface area contributed by atoms with E-state index in [9.17, 15) is 14.4 Å². The first-order chi connectivity index (χ1) is 17.0. The lowest BCUT2D eigenvalue weighted by molar-refractivity contribution is -0.119. The molecule has 1 fully saturated rings. The maximum atomic E-state index is 12.6. The molecular weight excluding hydrogens is 444 g/mol. The van der Waals surface area contributed by atoms with Crippen LogP contribution in [0.25, 0.3) is 16.7 Å². The van der Waals surface area contributed by atoms with Crippen LogP contribution in [0.4, 0.5) is 11.4 Å². The lowest BCUT2D eigenvalue weighted by Gasteiger charge is -2.16. The second-order valence-electron chi connectivity index (χ2n) is 8.36. The van der Waals surface area contributed by atoms with Crippen LogP contribution in [0.5, 0.6) is 0 Å². The van der Waals surface area contributed by atoms with Gasteiger partial charge in [-0.15, -0.1) is 0 Å². The van der Waals surface area contributed by atoms with Crippen LogP contribution in [0.1, 0.15) is 29.0 Å². The number of fused-ring (bicyclic) bond motifs is 1. The first-order valence-corrected chi connectivity index (χ1v) is 11.4. The van der Waals surface area contributed by atoms with Crippen LogP contribution in [0.2, 0.25) is 0 Å². The van der Waals surface area contributed by atoms with Crippen molar-refractivity contribution in [1.82, 2.24) is 9.55 Å². The number of aromatic nitrogens is 2. The van der Waals surface area contributed by atoms with Gasteiger partial charge in [0.2, 0.25) is 5.91 Å². The Morgan fingerprint density at radius 1 is 1.00 bits per heavy atom. The number of nitrogens with one attached hydrogen (secondary N) is 1. The first kappa shape index (κ1) is 22.3. The minimum Gasteiger partial charge on any atom is -0.452 e. The Morgan fingerprint density at radius 3 is 2.57 bits per heavy atom. The zero-order valence-electron chi connectivity index (χ0n) is 19.2. The second kappa shape index (κ2) is 9.42. The molecule has 35 heavy (non-hydrogen) atoms. The van der Waals surface area contributed by atoms with Crippen LogP contribution in [0.3, 0.4) is 0 Å². The third-order valence-electron chi connectivity index (χ3n) is 5.92. The molecule has 3 aromatic carbocycles. The molecule has 5 rings (SSSR count). The average molecular weight is 469 g/mol. The molecule has 8 heteroatoms. The maximum Gasteiger partial charge on any atom is 0.338 e. The van der Waals surface area contributed by atoms with Gasteiger partial charge in [-0.25, -0.2) is 9.78 Å². The fourth-order valence-electron chi connectivity index (χ4n) is 4.31. The van der Waals surface area contributed by atoms with E-state index in [4.69, 9.17) is 4.74 Å². The Bertz CT molecular complexity index is 1430. The maximum absolute atomic E-state index is 12.6. The fraction of sp³-hybridized carbons (Fsp3) is 0.185. The Morgan fingerprint density at radius 2 is 1.80 bits per heavy atom. The van der Waals surface area contributed by atoms with Crippen molar-refractivity contribution in [3.8, 4) is 5.69 Å². The predicted octanol–water partition coefficient (Wildman–Crippen LogP) is 4.26. The van der Waals surface area contributed by atoms with Crippen LogP contribution in [0.15, 0.2) is 72.8 Å². The molecule has 2 heterocycles. The lowest BCUT2D eigenvalue weighted by atomic mass is 10.2. The van der Waals surface area contributed by atoms with E-state index in [1.54, 1.807) is 35.2 Å². The SMILES string of the molecule is Cc1nc2cc(C(=O)OCC(=O)Nc3cccc(N4CCCC4=O)c3)ccc2n1-c1ccccc1. The number of para-hydroxylation sites is 1. The van der Waals surface area contributed by atoms with Crippen molar-refractivity contribution >= 4 is 40.2 Å². The van der Waals surface area contributed by atoms with E-state index in [1.807, 2.05) is 54.0 Å². The smallest absolute Gasteiger partial charge is 0.338 e. The monoisotopic (exact) mass is 468 g/mol. The molecule has 0 atom stereocenters. The number of carbonyl (C=O) groups excluding carboxylic acids is 3. The Labute approximate surface area is 202 Å². The molecule has 1 aromatic heterocycles. The van der Waals surface area contributed by atoms with Crippen molar-refractivity contribution < 1.29 is 19.1 Å². The minimum absolute atomic E-state index is 0.0724. The average Bonchev–Trinajstić information content (AvgIpc) is 3.44. The van der Waals surface area contributed by atoms with Crippen molar-refractivity contribution in [1.29, 1.82) is 0 Å². The number of hydrogen-bond acceptors (Lipinski definition) is 5. The van der Waals surface area contributed by atoms with Crippen LogP contribution in [-0.4, -0.2) is 40.5 Å². The summed E-state index contributed by atoms with van der Waals surface area (Å²) < 4.78 is 7.25. The largest absolute Gasteiger partial charge is 0.452 e. The van der Waals surface area contributed by atoms with Crippen molar-refractivity contribution in [2.45, 2.75) is 19.8 Å². The molecule has 176 valence electrons. The van der Waals surface area contributed by atoms with Gasteiger partial charge in [0.25, 0.3) is 5.91 Å². The molecule has 0 spiro atoms. The molecule has 0 saturated carbocycles. The highest BCUT2D eigenvalue weighted by Gasteiger charge is 2.22. The van der Waals surface area contributed by atoms with Crippen LogP contribution < -0.4 is 10.2 Å². The summed E-state index contributed by atoms with van der Waals surface area (Å²) in [7, 11) is 0. The molecule has 1 aliphatic rings. The number of imidazole rings is 1. The van der Waals surface area contributed by atoms with Gasteiger partial charge in [0.15, 0.2) is 6.61 Å². The van der Waals surface area contributed by atoms with Gasteiger partial charge in [-0.05, 0) is 61.9 Å². The number of amides is 2. The Balaban J connectivity index is 1.24. The third kappa shape index (κ3) is 4.63.